The van der Waals surface area contributed by atoms with Gasteiger partial charge in [0.25, 0.3) is 8.32 Å². The molecule has 1 unspecified atom stereocenters. The normalized spacial score (nSPS) is 13.0. The Labute approximate surface area is 308 Å². The first kappa shape index (κ1) is 38.6. The molecule has 0 saturated heterocycles. The SMILES string of the molecule is CC(C)c1nc(-c2ccccc2)cc(-c2ccc(F)cc2)c1/C=C/CO[P+](=O)C[C@H](CC(=O)O)O[Si](c1ccccc1)(c1ccccc1)C(C)(C)C. The summed E-state index contributed by atoms with van der Waals surface area (Å²) >= 11 is 0. The van der Waals surface area contributed by atoms with E-state index in [1.165, 1.54) is 12.1 Å². The smallest absolute Gasteiger partial charge is 0.481 e. The summed E-state index contributed by atoms with van der Waals surface area (Å²) in [6.07, 6.45) is 2.45. The van der Waals surface area contributed by atoms with Crippen LogP contribution in [0.4, 0.5) is 4.39 Å². The molecule has 6 nitrogen and oxygen atoms in total. The van der Waals surface area contributed by atoms with E-state index in [9.17, 15) is 18.9 Å². The molecular formula is C43H46FNO5PSi+. The van der Waals surface area contributed by atoms with Crippen LogP contribution in [0.15, 0.2) is 127 Å². The second-order valence-corrected chi connectivity index (χ2v) is 19.6. The van der Waals surface area contributed by atoms with E-state index in [0.29, 0.717) is 0 Å². The number of carbonyl (C=O) groups is 1. The average Bonchev–Trinajstić information content (AvgIpc) is 3.12. The zero-order chi connectivity index (χ0) is 37.3. The summed E-state index contributed by atoms with van der Waals surface area (Å²) < 4.78 is 40.4. The molecule has 0 aliphatic carbocycles. The Morgan fingerprint density at radius 2 is 1.42 bits per heavy atom. The Hall–Kier alpha value is -4.59. The molecule has 52 heavy (non-hydrogen) atoms. The summed E-state index contributed by atoms with van der Waals surface area (Å²) in [5.74, 6) is -1.29. The van der Waals surface area contributed by atoms with Crippen molar-refractivity contribution in [3.05, 3.63) is 144 Å². The van der Waals surface area contributed by atoms with Crippen molar-refractivity contribution < 1.29 is 27.8 Å². The number of halogens is 1. The second-order valence-electron chi connectivity index (χ2n) is 14.1. The molecule has 0 bridgehead atoms. The van der Waals surface area contributed by atoms with Crippen LogP contribution in [0, 0.1) is 5.82 Å². The number of rotatable bonds is 15. The summed E-state index contributed by atoms with van der Waals surface area (Å²) in [6.45, 7) is 10.5. The highest BCUT2D eigenvalue weighted by Crippen LogP contribution is 2.39. The van der Waals surface area contributed by atoms with Crippen molar-refractivity contribution in [1.82, 2.24) is 4.98 Å². The lowest BCUT2D eigenvalue weighted by Crippen LogP contribution is -2.68. The van der Waals surface area contributed by atoms with Crippen molar-refractivity contribution in [3.8, 4) is 22.4 Å². The number of hydrogen-bond donors (Lipinski definition) is 1. The first-order chi connectivity index (χ1) is 24.9. The molecule has 9 heteroatoms. The van der Waals surface area contributed by atoms with E-state index in [1.807, 2.05) is 103 Å². The van der Waals surface area contributed by atoms with Crippen molar-refractivity contribution in [2.24, 2.45) is 0 Å². The third-order valence-electron chi connectivity index (χ3n) is 8.97. The average molecular weight is 735 g/mol. The van der Waals surface area contributed by atoms with E-state index in [2.05, 4.69) is 34.6 Å². The maximum absolute atomic E-state index is 14.0. The fourth-order valence-corrected chi connectivity index (χ4v) is 12.3. The van der Waals surface area contributed by atoms with E-state index in [0.717, 1.165) is 44.0 Å². The van der Waals surface area contributed by atoms with Crippen molar-refractivity contribution >= 4 is 38.8 Å². The molecule has 0 amide bonds. The van der Waals surface area contributed by atoms with Crippen LogP contribution in [0.5, 0.6) is 0 Å². The molecule has 0 spiro atoms. The van der Waals surface area contributed by atoms with Gasteiger partial charge in [-0.25, -0.2) is 4.39 Å². The minimum Gasteiger partial charge on any atom is -0.481 e. The van der Waals surface area contributed by atoms with Gasteiger partial charge in [-0.1, -0.05) is 150 Å². The van der Waals surface area contributed by atoms with Gasteiger partial charge in [0.15, 0.2) is 0 Å². The Balaban J connectivity index is 1.41. The molecular weight excluding hydrogens is 689 g/mol. The van der Waals surface area contributed by atoms with Crippen LogP contribution in [0.2, 0.25) is 5.04 Å². The van der Waals surface area contributed by atoms with E-state index in [4.69, 9.17) is 13.9 Å². The Morgan fingerprint density at radius 3 is 1.94 bits per heavy atom. The predicted molar refractivity (Wildman–Crippen MR) is 211 cm³/mol. The standard InChI is InChI=1S/C43H45FNO5PSi/c1-31(2)42-38(39(32-23-25-34(44)26-24-32)29-40(45-42)33-16-9-6-10-17-33)22-15-27-49-51(48)30-35(28-41(46)47)50-52(43(3,4)5,36-18-11-7-12-19-36)37-20-13-8-14-21-37/h6-26,29,31,35H,27-28,30H2,1-5H3/p+1/b22-15+/t35-/m0/s1. The van der Waals surface area contributed by atoms with Crippen LogP contribution in [0.25, 0.3) is 28.5 Å². The quantitative estimate of drug-likeness (QED) is 0.0852. The van der Waals surface area contributed by atoms with Gasteiger partial charge in [0.05, 0.1) is 17.8 Å². The van der Waals surface area contributed by atoms with Gasteiger partial charge in [0, 0.05) is 11.1 Å². The van der Waals surface area contributed by atoms with Gasteiger partial charge in [-0.3, -0.25) is 9.78 Å². The van der Waals surface area contributed by atoms with Crippen molar-refractivity contribution in [3.63, 3.8) is 0 Å². The van der Waals surface area contributed by atoms with Gasteiger partial charge < -0.3 is 9.53 Å². The summed E-state index contributed by atoms with van der Waals surface area (Å²) in [4.78, 5) is 17.2. The Bertz CT molecular complexity index is 1940. The monoisotopic (exact) mass is 734 g/mol. The van der Waals surface area contributed by atoms with Crippen LogP contribution < -0.4 is 10.4 Å². The van der Waals surface area contributed by atoms with Gasteiger partial charge in [-0.2, -0.15) is 0 Å². The molecule has 0 aliphatic rings. The van der Waals surface area contributed by atoms with Crippen LogP contribution in [0.3, 0.4) is 0 Å². The Morgan fingerprint density at radius 1 is 0.865 bits per heavy atom. The van der Waals surface area contributed by atoms with Crippen molar-refractivity contribution in [1.29, 1.82) is 0 Å². The molecule has 5 aromatic rings. The summed E-state index contributed by atoms with van der Waals surface area (Å²) in [7, 11) is -5.40. The van der Waals surface area contributed by atoms with Crippen LogP contribution in [0.1, 0.15) is 58.2 Å². The predicted octanol–water partition coefficient (Wildman–Crippen LogP) is 9.87. The zero-order valence-corrected chi connectivity index (χ0v) is 32.2. The lowest BCUT2D eigenvalue weighted by Gasteiger charge is -2.44. The fraction of sp³-hybridized carbons (Fsp3) is 0.256. The third kappa shape index (κ3) is 9.25. The topological polar surface area (TPSA) is 85.7 Å². The second kappa shape index (κ2) is 17.3. The van der Waals surface area contributed by atoms with Crippen molar-refractivity contribution in [2.75, 3.05) is 12.8 Å². The van der Waals surface area contributed by atoms with Crippen molar-refractivity contribution in [2.45, 2.75) is 58.1 Å². The number of aliphatic carboxylic acids is 1. The summed E-state index contributed by atoms with van der Waals surface area (Å²) in [5, 5.41) is 11.6. The fourth-order valence-electron chi connectivity index (χ4n) is 6.61. The number of carboxylic acid groups (broad SMARTS) is 1. The first-order valence-corrected chi connectivity index (χ1v) is 20.8. The highest BCUT2D eigenvalue weighted by atomic mass is 31.1. The number of hydrogen-bond acceptors (Lipinski definition) is 5. The third-order valence-corrected chi connectivity index (χ3v) is 15.2. The number of aromatic nitrogens is 1. The summed E-state index contributed by atoms with van der Waals surface area (Å²) in [6, 6.07) is 38.2. The molecule has 1 heterocycles. The van der Waals surface area contributed by atoms with E-state index in [-0.39, 0.29) is 36.0 Å². The highest BCUT2D eigenvalue weighted by molar-refractivity contribution is 7.39. The Kier molecular flexibility index (Phi) is 12.8. The zero-order valence-electron chi connectivity index (χ0n) is 30.3. The highest BCUT2D eigenvalue weighted by Gasteiger charge is 2.52. The van der Waals surface area contributed by atoms with Crippen LogP contribution >= 0.6 is 8.03 Å². The van der Waals surface area contributed by atoms with E-state index >= 15 is 0 Å². The maximum atomic E-state index is 14.0. The molecule has 0 saturated carbocycles. The van der Waals surface area contributed by atoms with E-state index < -0.39 is 28.4 Å². The minimum atomic E-state index is -3.11. The lowest BCUT2D eigenvalue weighted by molar-refractivity contribution is -0.138. The van der Waals surface area contributed by atoms with Gasteiger partial charge in [-0.05, 0) is 55.2 Å². The first-order valence-electron chi connectivity index (χ1n) is 17.5. The van der Waals surface area contributed by atoms with E-state index in [1.54, 1.807) is 18.2 Å². The van der Waals surface area contributed by atoms with Gasteiger partial charge in [-0.15, -0.1) is 4.52 Å². The molecule has 1 aromatic heterocycles. The molecule has 0 fully saturated rings. The molecule has 2 atom stereocenters. The number of pyridine rings is 1. The largest absolute Gasteiger partial charge is 0.511 e. The number of nitrogens with zero attached hydrogens (tertiary/aromatic N) is 1. The maximum Gasteiger partial charge on any atom is 0.511 e. The molecule has 5 rings (SSSR count). The molecule has 268 valence electrons. The van der Waals surface area contributed by atoms with Gasteiger partial charge in [0.2, 0.25) is 6.16 Å². The minimum absolute atomic E-state index is 0.0229. The van der Waals surface area contributed by atoms with Gasteiger partial charge >= 0.3 is 14.0 Å². The van der Waals surface area contributed by atoms with Crippen LogP contribution in [-0.4, -0.2) is 43.2 Å². The number of benzene rings is 4. The van der Waals surface area contributed by atoms with Crippen LogP contribution in [-0.2, 0) is 18.3 Å². The number of carboxylic acids is 1. The molecule has 0 radical (unpaired) electrons. The lowest BCUT2D eigenvalue weighted by atomic mass is 9.92. The molecule has 4 aromatic carbocycles. The summed E-state index contributed by atoms with van der Waals surface area (Å²) in [5.41, 5.74) is 5.23. The van der Waals surface area contributed by atoms with Gasteiger partial charge in [0.1, 0.15) is 18.5 Å². The molecule has 1 N–H and O–H groups in total. The molecule has 0 aliphatic heterocycles.